The maximum atomic E-state index is 11.1. The van der Waals surface area contributed by atoms with Gasteiger partial charge in [0.05, 0.1) is 25.5 Å². The molecule has 1 aromatic heterocycles. The van der Waals surface area contributed by atoms with Crippen LogP contribution in [-0.2, 0) is 9.53 Å². The third-order valence-corrected chi connectivity index (χ3v) is 4.31. The van der Waals surface area contributed by atoms with Crippen LogP contribution in [0.1, 0.15) is 24.5 Å². The summed E-state index contributed by atoms with van der Waals surface area (Å²) in [6.45, 7) is 5.33. The number of hydrogen-bond donors (Lipinski definition) is 1. The van der Waals surface area contributed by atoms with Crippen molar-refractivity contribution >= 4 is 11.7 Å². The molecule has 0 aliphatic carbocycles. The maximum absolute atomic E-state index is 11.1. The molecule has 0 spiro atoms. The SMILES string of the molecule is NC(=O)CN1CCC[C@H](c2cc(N3CCOCC3)ncn2)C1. The normalized spacial score (nSPS) is 23.5. The van der Waals surface area contributed by atoms with Gasteiger partial charge in [0.25, 0.3) is 0 Å². The Hall–Kier alpha value is -1.73. The van der Waals surface area contributed by atoms with Crippen molar-refractivity contribution in [1.82, 2.24) is 14.9 Å². The van der Waals surface area contributed by atoms with Crippen molar-refractivity contribution in [2.24, 2.45) is 5.73 Å². The Balaban J connectivity index is 1.69. The van der Waals surface area contributed by atoms with Gasteiger partial charge in [0.1, 0.15) is 12.1 Å². The third kappa shape index (κ3) is 3.72. The van der Waals surface area contributed by atoms with Crippen LogP contribution in [0.4, 0.5) is 5.82 Å². The quantitative estimate of drug-likeness (QED) is 0.841. The molecule has 2 N–H and O–H groups in total. The summed E-state index contributed by atoms with van der Waals surface area (Å²) in [4.78, 5) is 24.3. The number of rotatable bonds is 4. The first-order valence-electron chi connectivity index (χ1n) is 7.87. The van der Waals surface area contributed by atoms with Crippen LogP contribution >= 0.6 is 0 Å². The van der Waals surface area contributed by atoms with E-state index in [1.807, 2.05) is 0 Å². The minimum atomic E-state index is -0.266. The predicted octanol–water partition coefficient (Wildman–Crippen LogP) is -0.0221. The minimum Gasteiger partial charge on any atom is -0.378 e. The van der Waals surface area contributed by atoms with Crippen molar-refractivity contribution in [1.29, 1.82) is 0 Å². The van der Waals surface area contributed by atoms with Gasteiger partial charge in [0.15, 0.2) is 0 Å². The molecule has 7 nitrogen and oxygen atoms in total. The number of anilines is 1. The summed E-state index contributed by atoms with van der Waals surface area (Å²) < 4.78 is 5.38. The molecule has 1 amide bonds. The predicted molar refractivity (Wildman–Crippen MR) is 82.7 cm³/mol. The van der Waals surface area contributed by atoms with Crippen molar-refractivity contribution in [2.75, 3.05) is 50.8 Å². The lowest BCUT2D eigenvalue weighted by Gasteiger charge is -2.32. The van der Waals surface area contributed by atoms with E-state index in [0.717, 1.165) is 63.7 Å². The first-order valence-corrected chi connectivity index (χ1v) is 7.87. The van der Waals surface area contributed by atoms with E-state index in [4.69, 9.17) is 10.5 Å². The summed E-state index contributed by atoms with van der Waals surface area (Å²) in [7, 11) is 0. The molecule has 22 heavy (non-hydrogen) atoms. The summed E-state index contributed by atoms with van der Waals surface area (Å²) in [5.74, 6) is 1.05. The summed E-state index contributed by atoms with van der Waals surface area (Å²) in [6.07, 6.45) is 3.80. The van der Waals surface area contributed by atoms with E-state index in [1.54, 1.807) is 6.33 Å². The lowest BCUT2D eigenvalue weighted by molar-refractivity contribution is -0.119. The number of nitrogens with two attached hydrogens (primary N) is 1. The summed E-state index contributed by atoms with van der Waals surface area (Å²) in [6, 6.07) is 2.09. The Morgan fingerprint density at radius 2 is 2.14 bits per heavy atom. The highest BCUT2D eigenvalue weighted by atomic mass is 16.5. The molecule has 0 bridgehead atoms. The molecule has 0 radical (unpaired) electrons. The molecule has 2 aliphatic rings. The molecule has 2 fully saturated rings. The van der Waals surface area contributed by atoms with E-state index < -0.39 is 0 Å². The van der Waals surface area contributed by atoms with E-state index in [1.165, 1.54) is 0 Å². The number of primary amides is 1. The second kappa shape index (κ2) is 7.02. The monoisotopic (exact) mass is 305 g/mol. The number of carbonyl (C=O) groups is 1. The second-order valence-electron chi connectivity index (χ2n) is 5.94. The number of carbonyl (C=O) groups excluding carboxylic acids is 1. The number of nitrogens with zero attached hydrogens (tertiary/aromatic N) is 4. The highest BCUT2D eigenvalue weighted by Crippen LogP contribution is 2.27. The van der Waals surface area contributed by atoms with Gasteiger partial charge in [-0.2, -0.15) is 0 Å². The second-order valence-corrected chi connectivity index (χ2v) is 5.94. The van der Waals surface area contributed by atoms with Gasteiger partial charge >= 0.3 is 0 Å². The van der Waals surface area contributed by atoms with Crippen LogP contribution in [-0.4, -0.2) is 66.7 Å². The summed E-state index contributed by atoms with van der Waals surface area (Å²) in [5, 5.41) is 0. The van der Waals surface area contributed by atoms with Gasteiger partial charge in [-0.1, -0.05) is 0 Å². The molecule has 0 aromatic carbocycles. The van der Waals surface area contributed by atoms with Crippen molar-refractivity contribution in [3.05, 3.63) is 18.1 Å². The topological polar surface area (TPSA) is 84.6 Å². The average Bonchev–Trinajstić information content (AvgIpc) is 2.55. The molecule has 120 valence electrons. The Labute approximate surface area is 130 Å². The van der Waals surface area contributed by atoms with E-state index in [0.29, 0.717) is 12.5 Å². The molecule has 1 aromatic rings. The van der Waals surface area contributed by atoms with Crippen molar-refractivity contribution in [3.8, 4) is 0 Å². The number of hydrogen-bond acceptors (Lipinski definition) is 6. The molecular formula is C15H23N5O2. The van der Waals surface area contributed by atoms with Crippen LogP contribution in [0.5, 0.6) is 0 Å². The number of amides is 1. The fraction of sp³-hybridized carbons (Fsp3) is 0.667. The number of morpholine rings is 1. The fourth-order valence-corrected chi connectivity index (χ4v) is 3.21. The summed E-state index contributed by atoms with van der Waals surface area (Å²) >= 11 is 0. The molecule has 1 atom stereocenters. The van der Waals surface area contributed by atoms with Crippen LogP contribution in [0.2, 0.25) is 0 Å². The van der Waals surface area contributed by atoms with Gasteiger partial charge in [0, 0.05) is 31.6 Å². The standard InChI is InChI=1S/C15H23N5O2/c16-14(21)10-19-3-1-2-12(9-19)13-8-15(18-11-17-13)20-4-6-22-7-5-20/h8,11-12H,1-7,9-10H2,(H2,16,21)/t12-/m0/s1. The van der Waals surface area contributed by atoms with Crippen LogP contribution in [0.3, 0.4) is 0 Å². The highest BCUT2D eigenvalue weighted by molar-refractivity contribution is 5.75. The number of piperidine rings is 1. The van der Waals surface area contributed by atoms with E-state index in [9.17, 15) is 4.79 Å². The largest absolute Gasteiger partial charge is 0.378 e. The Morgan fingerprint density at radius 3 is 2.91 bits per heavy atom. The first kappa shape index (κ1) is 15.2. The lowest BCUT2D eigenvalue weighted by Crippen LogP contribution is -2.40. The number of likely N-dealkylation sites (tertiary alicyclic amines) is 1. The van der Waals surface area contributed by atoms with Crippen molar-refractivity contribution in [2.45, 2.75) is 18.8 Å². The average molecular weight is 305 g/mol. The van der Waals surface area contributed by atoms with Crippen LogP contribution in [0, 0.1) is 0 Å². The van der Waals surface area contributed by atoms with E-state index in [-0.39, 0.29) is 5.91 Å². The number of aromatic nitrogens is 2. The molecule has 7 heteroatoms. The van der Waals surface area contributed by atoms with Crippen LogP contribution < -0.4 is 10.6 Å². The lowest BCUT2D eigenvalue weighted by atomic mass is 9.94. The Bertz CT molecular complexity index is 518. The minimum absolute atomic E-state index is 0.266. The fourth-order valence-electron chi connectivity index (χ4n) is 3.21. The van der Waals surface area contributed by atoms with Crippen molar-refractivity contribution in [3.63, 3.8) is 0 Å². The molecule has 3 rings (SSSR count). The number of ether oxygens (including phenoxy) is 1. The zero-order chi connectivity index (χ0) is 15.4. The summed E-state index contributed by atoms with van der Waals surface area (Å²) in [5.41, 5.74) is 6.37. The molecule has 0 saturated carbocycles. The molecule has 2 aliphatic heterocycles. The van der Waals surface area contributed by atoms with Crippen LogP contribution in [0.25, 0.3) is 0 Å². The van der Waals surface area contributed by atoms with Gasteiger partial charge in [-0.3, -0.25) is 9.69 Å². The maximum Gasteiger partial charge on any atom is 0.231 e. The van der Waals surface area contributed by atoms with E-state index in [2.05, 4.69) is 25.8 Å². The van der Waals surface area contributed by atoms with Gasteiger partial charge in [-0.15, -0.1) is 0 Å². The Morgan fingerprint density at radius 1 is 1.32 bits per heavy atom. The van der Waals surface area contributed by atoms with E-state index >= 15 is 0 Å². The van der Waals surface area contributed by atoms with Gasteiger partial charge < -0.3 is 15.4 Å². The van der Waals surface area contributed by atoms with Crippen LogP contribution in [0.15, 0.2) is 12.4 Å². The highest BCUT2D eigenvalue weighted by Gasteiger charge is 2.24. The Kier molecular flexibility index (Phi) is 4.84. The van der Waals surface area contributed by atoms with Gasteiger partial charge in [0.2, 0.25) is 5.91 Å². The molecule has 0 unspecified atom stereocenters. The van der Waals surface area contributed by atoms with Gasteiger partial charge in [-0.25, -0.2) is 9.97 Å². The zero-order valence-electron chi connectivity index (χ0n) is 12.8. The smallest absolute Gasteiger partial charge is 0.231 e. The zero-order valence-corrected chi connectivity index (χ0v) is 12.8. The van der Waals surface area contributed by atoms with Gasteiger partial charge in [-0.05, 0) is 19.4 Å². The molecule has 2 saturated heterocycles. The van der Waals surface area contributed by atoms with Crippen molar-refractivity contribution < 1.29 is 9.53 Å². The molecule has 3 heterocycles. The molecular weight excluding hydrogens is 282 g/mol. The first-order chi connectivity index (χ1) is 10.7. The third-order valence-electron chi connectivity index (χ3n) is 4.31.